The molecule has 0 spiro atoms. The average Bonchev–Trinajstić information content (AvgIpc) is 2.90. The zero-order chi connectivity index (χ0) is 26.5. The summed E-state index contributed by atoms with van der Waals surface area (Å²) in [6.45, 7) is 3.79. The molecule has 0 saturated heterocycles. The van der Waals surface area contributed by atoms with Gasteiger partial charge in [0.15, 0.2) is 11.5 Å². The number of methoxy groups -OCH3 is 4. The smallest absolute Gasteiger partial charge is 0.323 e. The van der Waals surface area contributed by atoms with E-state index in [-0.39, 0.29) is 5.88 Å². The highest BCUT2D eigenvalue weighted by molar-refractivity contribution is 6.01. The van der Waals surface area contributed by atoms with E-state index in [1.54, 1.807) is 44.7 Å². The number of rotatable bonds is 8. The third-order valence-corrected chi connectivity index (χ3v) is 5.68. The number of hydrogen-bond donors (Lipinski definition) is 2. The van der Waals surface area contributed by atoms with Crippen LogP contribution in [0.1, 0.15) is 11.1 Å². The quantitative estimate of drug-likeness (QED) is 0.313. The summed E-state index contributed by atoms with van der Waals surface area (Å²) in [5, 5.41) is 6.40. The van der Waals surface area contributed by atoms with Gasteiger partial charge in [-0.05, 0) is 55.3 Å². The van der Waals surface area contributed by atoms with Crippen LogP contribution in [0.15, 0.2) is 48.7 Å². The van der Waals surface area contributed by atoms with Gasteiger partial charge < -0.3 is 34.3 Å². The van der Waals surface area contributed by atoms with Crippen molar-refractivity contribution in [3.05, 3.63) is 59.8 Å². The van der Waals surface area contributed by atoms with Crippen LogP contribution in [0.3, 0.4) is 0 Å². The number of fused-ring (bicyclic) bond motifs is 1. The van der Waals surface area contributed by atoms with Crippen molar-refractivity contribution in [1.82, 2.24) is 9.97 Å². The molecule has 0 fully saturated rings. The van der Waals surface area contributed by atoms with Gasteiger partial charge in [0, 0.05) is 29.4 Å². The third kappa shape index (κ3) is 5.43. The summed E-state index contributed by atoms with van der Waals surface area (Å²) in [5.41, 5.74) is 3.40. The van der Waals surface area contributed by atoms with Crippen LogP contribution in [-0.4, -0.2) is 44.4 Å². The Hall–Kier alpha value is -4.73. The average molecular weight is 505 g/mol. The molecule has 37 heavy (non-hydrogen) atoms. The number of carbonyl (C=O) groups is 1. The van der Waals surface area contributed by atoms with E-state index < -0.39 is 6.03 Å². The van der Waals surface area contributed by atoms with Gasteiger partial charge in [0.2, 0.25) is 11.8 Å². The molecule has 192 valence electrons. The monoisotopic (exact) mass is 504 g/mol. The zero-order valence-electron chi connectivity index (χ0n) is 21.5. The summed E-state index contributed by atoms with van der Waals surface area (Å²) in [7, 11) is 6.13. The number of urea groups is 1. The standard InChI is InChI=1S/C27H28N4O6/c1-15-12-22(37-21-9-10-28-20-14-24(34-4)23(33-3)13-17(20)21)16(2)11-19(15)30-27(32)29-18-7-8-25(35-5)31-26(18)36-6/h7-14H,1-6H3,(H2,29,30,32). The number of carbonyl (C=O) groups excluding carboxylic acids is 1. The van der Waals surface area contributed by atoms with E-state index in [9.17, 15) is 4.79 Å². The number of aromatic nitrogens is 2. The molecule has 0 aliphatic carbocycles. The lowest BCUT2D eigenvalue weighted by molar-refractivity contribution is 0.262. The van der Waals surface area contributed by atoms with Crippen LogP contribution in [0, 0.1) is 13.8 Å². The van der Waals surface area contributed by atoms with Crippen molar-refractivity contribution in [2.45, 2.75) is 13.8 Å². The first kappa shape index (κ1) is 25.4. The van der Waals surface area contributed by atoms with E-state index in [2.05, 4.69) is 20.6 Å². The van der Waals surface area contributed by atoms with E-state index >= 15 is 0 Å². The zero-order valence-corrected chi connectivity index (χ0v) is 21.5. The first-order valence-electron chi connectivity index (χ1n) is 11.3. The van der Waals surface area contributed by atoms with Crippen LogP contribution in [0.25, 0.3) is 10.9 Å². The van der Waals surface area contributed by atoms with Gasteiger partial charge in [0.25, 0.3) is 0 Å². The molecule has 0 aliphatic heterocycles. The molecule has 10 heteroatoms. The van der Waals surface area contributed by atoms with Crippen molar-refractivity contribution in [3.63, 3.8) is 0 Å². The fourth-order valence-corrected chi connectivity index (χ4v) is 3.75. The van der Waals surface area contributed by atoms with Crippen molar-refractivity contribution in [2.75, 3.05) is 39.1 Å². The lowest BCUT2D eigenvalue weighted by Crippen LogP contribution is -2.20. The molecule has 4 aromatic rings. The fraction of sp³-hybridized carbons (Fsp3) is 0.222. The summed E-state index contributed by atoms with van der Waals surface area (Å²) in [6, 6.07) is 12.0. The van der Waals surface area contributed by atoms with Gasteiger partial charge in [-0.1, -0.05) is 0 Å². The van der Waals surface area contributed by atoms with Crippen molar-refractivity contribution in [3.8, 4) is 34.8 Å². The first-order chi connectivity index (χ1) is 17.9. The van der Waals surface area contributed by atoms with Gasteiger partial charge in [0.05, 0.1) is 34.0 Å². The predicted octanol–water partition coefficient (Wildman–Crippen LogP) is 5.72. The minimum absolute atomic E-state index is 0.241. The highest BCUT2D eigenvalue weighted by atomic mass is 16.5. The topological polar surface area (TPSA) is 113 Å². The van der Waals surface area contributed by atoms with Gasteiger partial charge in [-0.3, -0.25) is 4.98 Å². The number of nitrogens with one attached hydrogen (secondary N) is 2. The highest BCUT2D eigenvalue weighted by Crippen LogP contribution is 2.38. The second kappa shape index (κ2) is 10.9. The van der Waals surface area contributed by atoms with Crippen LogP contribution in [0.5, 0.6) is 34.8 Å². The molecule has 2 aromatic carbocycles. The summed E-state index contributed by atoms with van der Waals surface area (Å²) in [5.74, 6) is 3.05. The summed E-state index contributed by atoms with van der Waals surface area (Å²) >= 11 is 0. The number of benzene rings is 2. The van der Waals surface area contributed by atoms with Gasteiger partial charge in [0.1, 0.15) is 17.2 Å². The molecule has 2 N–H and O–H groups in total. The maximum absolute atomic E-state index is 12.7. The van der Waals surface area contributed by atoms with E-state index in [1.165, 1.54) is 14.2 Å². The van der Waals surface area contributed by atoms with Gasteiger partial charge in [-0.2, -0.15) is 4.98 Å². The van der Waals surface area contributed by atoms with Gasteiger partial charge in [-0.25, -0.2) is 4.79 Å². The Balaban J connectivity index is 1.56. The van der Waals surface area contributed by atoms with Crippen LogP contribution in [-0.2, 0) is 0 Å². The molecular formula is C27H28N4O6. The highest BCUT2D eigenvalue weighted by Gasteiger charge is 2.15. The second-order valence-corrected chi connectivity index (χ2v) is 8.06. The minimum Gasteiger partial charge on any atom is -0.493 e. The Morgan fingerprint density at radius 2 is 1.46 bits per heavy atom. The van der Waals surface area contributed by atoms with E-state index in [0.29, 0.717) is 45.8 Å². The van der Waals surface area contributed by atoms with Crippen molar-refractivity contribution in [2.24, 2.45) is 0 Å². The lowest BCUT2D eigenvalue weighted by atomic mass is 10.1. The van der Waals surface area contributed by atoms with Gasteiger partial charge in [-0.15, -0.1) is 0 Å². The number of nitrogens with zero attached hydrogens (tertiary/aromatic N) is 2. The molecule has 0 aliphatic rings. The maximum atomic E-state index is 12.7. The molecule has 10 nitrogen and oxygen atoms in total. The van der Waals surface area contributed by atoms with Crippen molar-refractivity contribution in [1.29, 1.82) is 0 Å². The SMILES string of the molecule is COc1ccc(NC(=O)Nc2cc(C)c(Oc3ccnc4cc(OC)c(OC)cc34)cc2C)c(OC)n1. The minimum atomic E-state index is -0.442. The summed E-state index contributed by atoms with van der Waals surface area (Å²) in [4.78, 5) is 21.3. The van der Waals surface area contributed by atoms with Crippen LogP contribution in [0.2, 0.25) is 0 Å². The van der Waals surface area contributed by atoms with Crippen molar-refractivity contribution < 1.29 is 28.5 Å². The molecule has 0 unspecified atom stereocenters. The molecule has 2 amide bonds. The Labute approximate surface area is 214 Å². The van der Waals surface area contributed by atoms with Crippen LogP contribution < -0.4 is 34.3 Å². The molecule has 0 bridgehead atoms. The lowest BCUT2D eigenvalue weighted by Gasteiger charge is -2.16. The van der Waals surface area contributed by atoms with Crippen LogP contribution in [0.4, 0.5) is 16.2 Å². The number of amides is 2. The number of aryl methyl sites for hydroxylation is 2. The molecule has 0 radical (unpaired) electrons. The Morgan fingerprint density at radius 3 is 2.16 bits per heavy atom. The predicted molar refractivity (Wildman–Crippen MR) is 141 cm³/mol. The summed E-state index contributed by atoms with van der Waals surface area (Å²) in [6.07, 6.45) is 1.67. The van der Waals surface area contributed by atoms with E-state index in [1.807, 2.05) is 32.0 Å². The molecule has 2 heterocycles. The molecular weight excluding hydrogens is 476 g/mol. The van der Waals surface area contributed by atoms with Crippen LogP contribution >= 0.6 is 0 Å². The number of ether oxygens (including phenoxy) is 5. The van der Waals surface area contributed by atoms with Gasteiger partial charge >= 0.3 is 6.03 Å². The largest absolute Gasteiger partial charge is 0.493 e. The Morgan fingerprint density at radius 1 is 0.730 bits per heavy atom. The fourth-order valence-electron chi connectivity index (χ4n) is 3.75. The first-order valence-corrected chi connectivity index (χ1v) is 11.3. The normalized spacial score (nSPS) is 10.5. The maximum Gasteiger partial charge on any atom is 0.323 e. The van der Waals surface area contributed by atoms with Crippen molar-refractivity contribution >= 4 is 28.3 Å². The van der Waals surface area contributed by atoms with E-state index in [0.717, 1.165) is 16.5 Å². The Kier molecular flexibility index (Phi) is 7.47. The molecule has 2 aromatic heterocycles. The van der Waals surface area contributed by atoms with E-state index in [4.69, 9.17) is 23.7 Å². The molecule has 0 saturated carbocycles. The third-order valence-electron chi connectivity index (χ3n) is 5.68. The molecule has 0 atom stereocenters. The number of anilines is 2. The summed E-state index contributed by atoms with van der Waals surface area (Å²) < 4.78 is 27.4. The second-order valence-electron chi connectivity index (χ2n) is 8.06. The Bertz CT molecular complexity index is 1460. The molecule has 4 rings (SSSR count). The number of hydrogen-bond acceptors (Lipinski definition) is 8. The number of pyridine rings is 2.